The first kappa shape index (κ1) is 33.7. The van der Waals surface area contributed by atoms with Crippen molar-refractivity contribution in [3.8, 4) is 34.5 Å². The maximum absolute atomic E-state index is 14.0. The number of hydrogen-bond donors (Lipinski definition) is 0. The Morgan fingerprint density at radius 3 is 1.65 bits per heavy atom. The molecular weight excluding hydrogens is 604 g/mol. The van der Waals surface area contributed by atoms with E-state index in [2.05, 4.69) is 0 Å². The number of allylic oxidation sites excluding steroid dienone is 1. The Balaban J connectivity index is 1.47. The Bertz CT molecular complexity index is 1800. The standard InChI is InChI=1S/C41H40O7/c1-29(2)48-36-24-34(45-26-30-14-8-5-9-15-30)22-20-33(36)21-23-35(42)39-37(46-27-31-16-10-6-11-17-31)25-38(40(43-3)41(39)44-4)47-28-32-18-12-7-13-19-32/h5-25,29H,26-28H2,1-4H3/b23-21+. The van der Waals surface area contributed by atoms with Crippen molar-refractivity contribution >= 4 is 11.9 Å². The molecule has 0 atom stereocenters. The van der Waals surface area contributed by atoms with E-state index < -0.39 is 0 Å². The number of ketones is 1. The van der Waals surface area contributed by atoms with Crippen molar-refractivity contribution in [3.63, 3.8) is 0 Å². The van der Waals surface area contributed by atoms with Gasteiger partial charge in [0.15, 0.2) is 17.3 Å². The van der Waals surface area contributed by atoms with Crippen LogP contribution in [0.15, 0.2) is 121 Å². The van der Waals surface area contributed by atoms with Gasteiger partial charge in [0.1, 0.15) is 42.6 Å². The first-order valence-corrected chi connectivity index (χ1v) is 15.8. The quantitative estimate of drug-likeness (QED) is 0.0784. The fourth-order valence-corrected chi connectivity index (χ4v) is 5.00. The van der Waals surface area contributed by atoms with Crippen LogP contribution in [-0.4, -0.2) is 26.1 Å². The summed E-state index contributed by atoms with van der Waals surface area (Å²) in [5, 5.41) is 0. The molecule has 0 aliphatic carbocycles. The third kappa shape index (κ3) is 8.97. The zero-order valence-electron chi connectivity index (χ0n) is 27.7. The van der Waals surface area contributed by atoms with Crippen molar-refractivity contribution in [3.05, 3.63) is 149 Å². The molecule has 0 unspecified atom stereocenters. The highest BCUT2D eigenvalue weighted by atomic mass is 16.5. The first-order chi connectivity index (χ1) is 23.4. The minimum atomic E-state index is -0.345. The fourth-order valence-electron chi connectivity index (χ4n) is 5.00. The molecule has 0 aliphatic heterocycles. The molecule has 5 aromatic carbocycles. The van der Waals surface area contributed by atoms with Crippen LogP contribution in [0.25, 0.3) is 6.08 Å². The van der Waals surface area contributed by atoms with Gasteiger partial charge < -0.3 is 28.4 Å². The number of carbonyl (C=O) groups excluding carboxylic acids is 1. The van der Waals surface area contributed by atoms with Gasteiger partial charge in [-0.2, -0.15) is 0 Å². The van der Waals surface area contributed by atoms with E-state index in [-0.39, 0.29) is 36.4 Å². The summed E-state index contributed by atoms with van der Waals surface area (Å²) in [4.78, 5) is 14.0. The molecule has 5 rings (SSSR count). The average Bonchev–Trinajstić information content (AvgIpc) is 3.12. The van der Waals surface area contributed by atoms with Crippen molar-refractivity contribution in [2.45, 2.75) is 39.8 Å². The summed E-state index contributed by atoms with van der Waals surface area (Å²) in [6.07, 6.45) is 3.10. The summed E-state index contributed by atoms with van der Waals surface area (Å²) in [6, 6.07) is 36.7. The number of carbonyl (C=O) groups is 1. The second-order valence-corrected chi connectivity index (χ2v) is 11.2. The van der Waals surface area contributed by atoms with Crippen molar-refractivity contribution in [2.75, 3.05) is 14.2 Å². The largest absolute Gasteiger partial charge is 0.492 e. The highest BCUT2D eigenvalue weighted by Gasteiger charge is 2.26. The molecule has 7 nitrogen and oxygen atoms in total. The van der Waals surface area contributed by atoms with E-state index in [4.69, 9.17) is 28.4 Å². The van der Waals surface area contributed by atoms with E-state index in [1.54, 1.807) is 12.1 Å². The molecule has 0 saturated carbocycles. The minimum absolute atomic E-state index is 0.0944. The summed E-state index contributed by atoms with van der Waals surface area (Å²) in [6.45, 7) is 4.84. The lowest BCUT2D eigenvalue weighted by atomic mass is 10.0. The number of benzene rings is 5. The topological polar surface area (TPSA) is 72.5 Å². The average molecular weight is 645 g/mol. The van der Waals surface area contributed by atoms with Gasteiger partial charge in [-0.15, -0.1) is 0 Å². The van der Waals surface area contributed by atoms with E-state index >= 15 is 0 Å². The molecule has 0 bridgehead atoms. The molecule has 0 heterocycles. The zero-order chi connectivity index (χ0) is 33.7. The molecule has 0 N–H and O–H groups in total. The molecule has 5 aromatic rings. The summed E-state index contributed by atoms with van der Waals surface area (Å²) in [5.41, 5.74) is 3.90. The van der Waals surface area contributed by atoms with Gasteiger partial charge in [0.25, 0.3) is 0 Å². The molecule has 0 saturated heterocycles. The van der Waals surface area contributed by atoms with Crippen LogP contribution in [-0.2, 0) is 19.8 Å². The maximum Gasteiger partial charge on any atom is 0.204 e. The van der Waals surface area contributed by atoms with E-state index in [1.165, 1.54) is 20.3 Å². The predicted molar refractivity (Wildman–Crippen MR) is 187 cm³/mol. The van der Waals surface area contributed by atoms with Crippen LogP contribution in [0.5, 0.6) is 34.5 Å². The fraction of sp³-hybridized carbons (Fsp3) is 0.195. The van der Waals surface area contributed by atoms with E-state index in [0.29, 0.717) is 40.9 Å². The number of rotatable bonds is 16. The van der Waals surface area contributed by atoms with Crippen LogP contribution in [0.3, 0.4) is 0 Å². The van der Waals surface area contributed by atoms with Crippen LogP contribution in [0.2, 0.25) is 0 Å². The molecular formula is C41H40O7. The smallest absolute Gasteiger partial charge is 0.204 e. The minimum Gasteiger partial charge on any atom is -0.492 e. The Morgan fingerprint density at radius 1 is 0.604 bits per heavy atom. The van der Waals surface area contributed by atoms with Gasteiger partial charge in [0, 0.05) is 17.7 Å². The predicted octanol–water partition coefficient (Wildman–Crippen LogP) is 9.12. The van der Waals surface area contributed by atoms with Crippen LogP contribution in [0.1, 0.15) is 46.5 Å². The van der Waals surface area contributed by atoms with Crippen molar-refractivity contribution in [1.29, 1.82) is 0 Å². The first-order valence-electron chi connectivity index (χ1n) is 15.8. The monoisotopic (exact) mass is 644 g/mol. The lowest BCUT2D eigenvalue weighted by Gasteiger charge is -2.20. The van der Waals surface area contributed by atoms with E-state index in [1.807, 2.05) is 123 Å². The van der Waals surface area contributed by atoms with Crippen LogP contribution < -0.4 is 28.4 Å². The van der Waals surface area contributed by atoms with Crippen LogP contribution >= 0.6 is 0 Å². The SMILES string of the molecule is COc1c(OCc2ccccc2)cc(OCc2ccccc2)c(C(=O)/C=C/c2ccc(OCc3ccccc3)cc2OC(C)C)c1OC. The van der Waals surface area contributed by atoms with Gasteiger partial charge in [-0.3, -0.25) is 4.79 Å². The molecule has 0 aliphatic rings. The second kappa shape index (κ2) is 16.7. The Labute approximate surface area is 282 Å². The summed E-state index contributed by atoms with van der Waals surface area (Å²) < 4.78 is 36.1. The number of hydrogen-bond acceptors (Lipinski definition) is 7. The van der Waals surface area contributed by atoms with Gasteiger partial charge in [0.2, 0.25) is 5.75 Å². The lowest BCUT2D eigenvalue weighted by molar-refractivity contribution is 0.103. The third-order valence-corrected chi connectivity index (χ3v) is 7.30. The molecule has 0 aromatic heterocycles. The van der Waals surface area contributed by atoms with Gasteiger partial charge in [-0.25, -0.2) is 0 Å². The normalized spacial score (nSPS) is 10.9. The van der Waals surface area contributed by atoms with E-state index in [0.717, 1.165) is 16.7 Å². The molecule has 246 valence electrons. The highest BCUT2D eigenvalue weighted by molar-refractivity contribution is 6.11. The maximum atomic E-state index is 14.0. The van der Waals surface area contributed by atoms with Crippen molar-refractivity contribution in [2.24, 2.45) is 0 Å². The molecule has 48 heavy (non-hydrogen) atoms. The Morgan fingerprint density at radius 2 is 1.12 bits per heavy atom. The van der Waals surface area contributed by atoms with Crippen molar-refractivity contribution in [1.82, 2.24) is 0 Å². The highest BCUT2D eigenvalue weighted by Crippen LogP contribution is 2.46. The van der Waals surface area contributed by atoms with Gasteiger partial charge in [-0.05, 0) is 54.8 Å². The molecule has 0 spiro atoms. The lowest BCUT2D eigenvalue weighted by Crippen LogP contribution is -2.09. The summed E-state index contributed by atoms with van der Waals surface area (Å²) in [5.74, 6) is 2.10. The van der Waals surface area contributed by atoms with Crippen LogP contribution in [0.4, 0.5) is 0 Å². The van der Waals surface area contributed by atoms with E-state index in [9.17, 15) is 4.79 Å². The number of ether oxygens (including phenoxy) is 6. The third-order valence-electron chi connectivity index (χ3n) is 7.30. The summed E-state index contributed by atoms with van der Waals surface area (Å²) >= 11 is 0. The van der Waals surface area contributed by atoms with Gasteiger partial charge >= 0.3 is 0 Å². The van der Waals surface area contributed by atoms with Crippen molar-refractivity contribution < 1.29 is 33.2 Å². The van der Waals surface area contributed by atoms with Gasteiger partial charge in [0.05, 0.1) is 20.3 Å². The number of methoxy groups -OCH3 is 2. The summed E-state index contributed by atoms with van der Waals surface area (Å²) in [7, 11) is 3.00. The Hall–Kier alpha value is -5.69. The van der Waals surface area contributed by atoms with Crippen LogP contribution in [0, 0.1) is 0 Å². The zero-order valence-corrected chi connectivity index (χ0v) is 27.7. The Kier molecular flexibility index (Phi) is 11.7. The molecule has 0 radical (unpaired) electrons. The molecule has 7 heteroatoms. The molecule has 0 fully saturated rings. The molecule has 0 amide bonds. The second-order valence-electron chi connectivity index (χ2n) is 11.2. The van der Waals surface area contributed by atoms with Gasteiger partial charge in [-0.1, -0.05) is 91.0 Å².